The molecule has 1 saturated heterocycles. The van der Waals surface area contributed by atoms with Crippen molar-refractivity contribution in [3.63, 3.8) is 0 Å². The highest BCUT2D eigenvalue weighted by atomic mass is 35.5. The fourth-order valence-corrected chi connectivity index (χ4v) is 2.25. The first kappa shape index (κ1) is 15.7. The van der Waals surface area contributed by atoms with Crippen molar-refractivity contribution >= 4 is 24.8 Å². The molecule has 1 heterocycles. The van der Waals surface area contributed by atoms with Gasteiger partial charge in [-0.1, -0.05) is 24.3 Å². The molecular formula is C12H20Cl2N2. The highest BCUT2D eigenvalue weighted by Crippen LogP contribution is 2.27. The molecule has 1 aliphatic heterocycles. The summed E-state index contributed by atoms with van der Waals surface area (Å²) in [7, 11) is 0. The van der Waals surface area contributed by atoms with Gasteiger partial charge in [-0.15, -0.1) is 24.8 Å². The number of hydrogen-bond acceptors (Lipinski definition) is 2. The van der Waals surface area contributed by atoms with Gasteiger partial charge in [0.05, 0.1) is 0 Å². The zero-order valence-electron chi connectivity index (χ0n) is 9.32. The van der Waals surface area contributed by atoms with Gasteiger partial charge in [0.15, 0.2) is 0 Å². The zero-order valence-corrected chi connectivity index (χ0v) is 10.9. The Bertz CT molecular complexity index is 299. The molecule has 4 heteroatoms. The summed E-state index contributed by atoms with van der Waals surface area (Å²) in [5, 5.41) is 3.39. The number of piperidine rings is 1. The summed E-state index contributed by atoms with van der Waals surface area (Å²) < 4.78 is 0. The minimum atomic E-state index is 0. The predicted octanol–water partition coefficient (Wildman–Crippen LogP) is 2.46. The molecule has 1 aliphatic rings. The van der Waals surface area contributed by atoms with E-state index >= 15 is 0 Å². The first-order chi connectivity index (χ1) is 6.92. The van der Waals surface area contributed by atoms with Gasteiger partial charge >= 0.3 is 0 Å². The van der Waals surface area contributed by atoms with Crippen LogP contribution in [0.15, 0.2) is 24.3 Å². The number of hydrogen-bond donors (Lipinski definition) is 2. The van der Waals surface area contributed by atoms with Gasteiger partial charge < -0.3 is 11.1 Å². The molecule has 1 aromatic rings. The van der Waals surface area contributed by atoms with E-state index in [0.29, 0.717) is 6.54 Å². The Kier molecular flexibility index (Phi) is 7.77. The molecule has 0 atom stereocenters. The van der Waals surface area contributed by atoms with Crippen molar-refractivity contribution in [1.82, 2.24) is 5.32 Å². The largest absolute Gasteiger partial charge is 0.326 e. The van der Waals surface area contributed by atoms with Crippen LogP contribution < -0.4 is 11.1 Å². The topological polar surface area (TPSA) is 38.0 Å². The van der Waals surface area contributed by atoms with Crippen molar-refractivity contribution in [2.75, 3.05) is 13.1 Å². The van der Waals surface area contributed by atoms with Crippen molar-refractivity contribution in [2.45, 2.75) is 25.3 Å². The molecule has 3 N–H and O–H groups in total. The Morgan fingerprint density at radius 2 is 1.75 bits per heavy atom. The van der Waals surface area contributed by atoms with Gasteiger partial charge in [-0.05, 0) is 43.0 Å². The van der Waals surface area contributed by atoms with Crippen molar-refractivity contribution in [3.8, 4) is 0 Å². The molecule has 0 unspecified atom stereocenters. The summed E-state index contributed by atoms with van der Waals surface area (Å²) in [5.74, 6) is 0.719. The van der Waals surface area contributed by atoms with Crippen molar-refractivity contribution in [3.05, 3.63) is 35.4 Å². The van der Waals surface area contributed by atoms with E-state index in [4.69, 9.17) is 5.73 Å². The summed E-state index contributed by atoms with van der Waals surface area (Å²) in [6, 6.07) is 8.58. The Morgan fingerprint density at radius 3 is 2.38 bits per heavy atom. The second-order valence-electron chi connectivity index (χ2n) is 3.93. The first-order valence-corrected chi connectivity index (χ1v) is 5.40. The van der Waals surface area contributed by atoms with Crippen molar-refractivity contribution < 1.29 is 0 Å². The van der Waals surface area contributed by atoms with Crippen LogP contribution >= 0.6 is 24.8 Å². The summed E-state index contributed by atoms with van der Waals surface area (Å²) in [6.45, 7) is 2.95. The molecule has 2 nitrogen and oxygen atoms in total. The van der Waals surface area contributed by atoms with Crippen molar-refractivity contribution in [2.24, 2.45) is 5.73 Å². The molecule has 0 saturated carbocycles. The lowest BCUT2D eigenvalue weighted by molar-refractivity contribution is 0.458. The molecule has 0 aromatic heterocycles. The van der Waals surface area contributed by atoms with Gasteiger partial charge in [0.2, 0.25) is 0 Å². The third-order valence-electron chi connectivity index (χ3n) is 3.05. The maximum Gasteiger partial charge on any atom is 0.0180 e. The lowest BCUT2D eigenvalue weighted by Gasteiger charge is -2.24. The summed E-state index contributed by atoms with van der Waals surface area (Å²) in [6.07, 6.45) is 2.49. The standard InChI is InChI=1S/C12H18N2.2ClH/c13-9-11-3-1-2-4-12(11)10-5-7-14-8-6-10;;/h1-4,10,14H,5-9,13H2;2*1H. The van der Waals surface area contributed by atoms with E-state index in [2.05, 4.69) is 29.6 Å². The smallest absolute Gasteiger partial charge is 0.0180 e. The Balaban J connectivity index is 0.00000112. The molecule has 1 fully saturated rings. The lowest BCUT2D eigenvalue weighted by Crippen LogP contribution is -2.27. The lowest BCUT2D eigenvalue weighted by atomic mass is 9.87. The number of rotatable bonds is 2. The van der Waals surface area contributed by atoms with E-state index in [9.17, 15) is 0 Å². The molecule has 0 amide bonds. The zero-order chi connectivity index (χ0) is 9.80. The molecule has 2 rings (SSSR count). The molecule has 92 valence electrons. The molecule has 0 bridgehead atoms. The fourth-order valence-electron chi connectivity index (χ4n) is 2.25. The SMILES string of the molecule is Cl.Cl.NCc1ccccc1C1CCNCC1. The van der Waals surface area contributed by atoms with E-state index < -0.39 is 0 Å². The Hall–Kier alpha value is -0.280. The average Bonchev–Trinajstić information content (AvgIpc) is 2.30. The molecule has 0 radical (unpaired) electrons. The van der Waals surface area contributed by atoms with Gasteiger partial charge in [-0.2, -0.15) is 0 Å². The third-order valence-corrected chi connectivity index (χ3v) is 3.05. The second kappa shape index (κ2) is 7.91. The van der Waals surface area contributed by atoms with Gasteiger partial charge in [0.1, 0.15) is 0 Å². The summed E-state index contributed by atoms with van der Waals surface area (Å²) in [5.41, 5.74) is 8.53. The first-order valence-electron chi connectivity index (χ1n) is 5.40. The normalized spacial score (nSPS) is 16.1. The van der Waals surface area contributed by atoms with E-state index in [1.165, 1.54) is 24.0 Å². The van der Waals surface area contributed by atoms with E-state index in [1.54, 1.807) is 0 Å². The number of halogens is 2. The molecule has 0 aliphatic carbocycles. The monoisotopic (exact) mass is 262 g/mol. The Morgan fingerprint density at radius 1 is 1.12 bits per heavy atom. The molecular weight excluding hydrogens is 243 g/mol. The highest BCUT2D eigenvalue weighted by molar-refractivity contribution is 5.85. The van der Waals surface area contributed by atoms with Crippen LogP contribution in [0.1, 0.15) is 29.9 Å². The third kappa shape index (κ3) is 3.63. The molecule has 1 aromatic carbocycles. The van der Waals surface area contributed by atoms with Crippen LogP contribution in [0.2, 0.25) is 0 Å². The highest BCUT2D eigenvalue weighted by Gasteiger charge is 2.16. The van der Waals surface area contributed by atoms with Crippen molar-refractivity contribution in [1.29, 1.82) is 0 Å². The van der Waals surface area contributed by atoms with Crippen LogP contribution in [0.4, 0.5) is 0 Å². The van der Waals surface area contributed by atoms with Crippen LogP contribution in [0, 0.1) is 0 Å². The van der Waals surface area contributed by atoms with Crippen LogP contribution in [-0.4, -0.2) is 13.1 Å². The van der Waals surface area contributed by atoms with Crippen LogP contribution in [0.5, 0.6) is 0 Å². The van der Waals surface area contributed by atoms with Crippen LogP contribution in [-0.2, 0) is 6.54 Å². The van der Waals surface area contributed by atoms with E-state index in [0.717, 1.165) is 19.0 Å². The molecule has 16 heavy (non-hydrogen) atoms. The number of nitrogens with one attached hydrogen (secondary N) is 1. The minimum absolute atomic E-state index is 0. The van der Waals surface area contributed by atoms with Gasteiger partial charge in [-0.25, -0.2) is 0 Å². The van der Waals surface area contributed by atoms with Gasteiger partial charge in [-0.3, -0.25) is 0 Å². The Labute approximate surface area is 110 Å². The minimum Gasteiger partial charge on any atom is -0.326 e. The molecule has 0 spiro atoms. The maximum atomic E-state index is 5.74. The quantitative estimate of drug-likeness (QED) is 0.860. The van der Waals surface area contributed by atoms with Crippen LogP contribution in [0.25, 0.3) is 0 Å². The van der Waals surface area contributed by atoms with Crippen LogP contribution in [0.3, 0.4) is 0 Å². The van der Waals surface area contributed by atoms with Gasteiger partial charge in [0, 0.05) is 6.54 Å². The maximum absolute atomic E-state index is 5.74. The van der Waals surface area contributed by atoms with Gasteiger partial charge in [0.25, 0.3) is 0 Å². The number of benzene rings is 1. The van der Waals surface area contributed by atoms with E-state index in [-0.39, 0.29) is 24.8 Å². The summed E-state index contributed by atoms with van der Waals surface area (Å²) >= 11 is 0. The number of nitrogens with two attached hydrogens (primary N) is 1. The summed E-state index contributed by atoms with van der Waals surface area (Å²) in [4.78, 5) is 0. The fraction of sp³-hybridized carbons (Fsp3) is 0.500. The van der Waals surface area contributed by atoms with E-state index in [1.807, 2.05) is 0 Å². The average molecular weight is 263 g/mol. The second-order valence-corrected chi connectivity index (χ2v) is 3.93. The predicted molar refractivity (Wildman–Crippen MR) is 73.7 cm³/mol.